The number of nitrogens with two attached hydrogens (primary N) is 1. The van der Waals surface area contributed by atoms with E-state index in [4.69, 9.17) is 15.1 Å². The Hall–Kier alpha value is -1.78. The lowest BCUT2D eigenvalue weighted by Crippen LogP contribution is -2.31. The highest BCUT2D eigenvalue weighted by atomic mass is 16.5. The molecule has 2 aromatic rings. The molecule has 0 atom stereocenters. The van der Waals surface area contributed by atoms with E-state index in [1.54, 1.807) is 0 Å². The zero-order valence-electron chi connectivity index (χ0n) is 12.7. The predicted molar refractivity (Wildman–Crippen MR) is 88.2 cm³/mol. The highest BCUT2D eigenvalue weighted by molar-refractivity contribution is 6.66. The van der Waals surface area contributed by atoms with Gasteiger partial charge in [0.2, 0.25) is 0 Å². The molecule has 0 bridgehead atoms. The van der Waals surface area contributed by atoms with Crippen LogP contribution in [0.25, 0.3) is 0 Å². The van der Waals surface area contributed by atoms with E-state index < -0.39 is 0 Å². The lowest BCUT2D eigenvalue weighted by atomic mass is 9.64. The van der Waals surface area contributed by atoms with Crippen molar-refractivity contribution in [2.24, 2.45) is 5.73 Å². The SMILES string of the molecule is CB(OCCN)c1ccc(OCc2ccc(C)cc2)cc1. The van der Waals surface area contributed by atoms with Crippen molar-refractivity contribution < 1.29 is 9.39 Å². The Kier molecular flexibility index (Phi) is 5.84. The number of benzene rings is 2. The average molecular weight is 283 g/mol. The first kappa shape index (κ1) is 15.6. The Morgan fingerprint density at radius 1 is 1.00 bits per heavy atom. The van der Waals surface area contributed by atoms with Crippen LogP contribution in [0.15, 0.2) is 48.5 Å². The molecule has 0 spiro atoms. The summed E-state index contributed by atoms with van der Waals surface area (Å²) in [5, 5.41) is 0. The summed E-state index contributed by atoms with van der Waals surface area (Å²) < 4.78 is 11.4. The molecule has 0 aromatic heterocycles. The Bertz CT molecular complexity index is 540. The zero-order chi connectivity index (χ0) is 15.1. The largest absolute Gasteiger partial charge is 0.489 e. The number of ether oxygens (including phenoxy) is 1. The second-order valence-electron chi connectivity index (χ2n) is 5.15. The van der Waals surface area contributed by atoms with E-state index in [1.807, 2.05) is 31.1 Å². The summed E-state index contributed by atoms with van der Waals surface area (Å²) in [6, 6.07) is 16.4. The molecule has 0 saturated carbocycles. The monoisotopic (exact) mass is 283 g/mol. The second-order valence-corrected chi connectivity index (χ2v) is 5.15. The third-order valence-corrected chi connectivity index (χ3v) is 3.36. The molecule has 0 aliphatic carbocycles. The maximum absolute atomic E-state index is 5.79. The van der Waals surface area contributed by atoms with Gasteiger partial charge in [-0.1, -0.05) is 48.8 Å². The van der Waals surface area contributed by atoms with Gasteiger partial charge in [0.1, 0.15) is 12.4 Å². The van der Waals surface area contributed by atoms with Gasteiger partial charge in [-0.25, -0.2) is 0 Å². The molecule has 0 aliphatic heterocycles. The topological polar surface area (TPSA) is 44.5 Å². The van der Waals surface area contributed by atoms with Gasteiger partial charge in [-0.3, -0.25) is 0 Å². The fourth-order valence-electron chi connectivity index (χ4n) is 2.03. The van der Waals surface area contributed by atoms with Crippen LogP contribution in [0.2, 0.25) is 6.82 Å². The molecular weight excluding hydrogens is 261 g/mol. The van der Waals surface area contributed by atoms with E-state index in [0.717, 1.165) is 11.2 Å². The molecule has 3 nitrogen and oxygen atoms in total. The number of hydrogen-bond donors (Lipinski definition) is 1. The van der Waals surface area contributed by atoms with Gasteiger partial charge in [0.15, 0.2) is 0 Å². The van der Waals surface area contributed by atoms with Gasteiger partial charge < -0.3 is 15.1 Å². The van der Waals surface area contributed by atoms with Gasteiger partial charge in [0, 0.05) is 13.2 Å². The number of rotatable bonds is 7. The smallest absolute Gasteiger partial charge is 0.323 e. The lowest BCUT2D eigenvalue weighted by molar-refractivity contribution is 0.306. The fourth-order valence-corrected chi connectivity index (χ4v) is 2.03. The van der Waals surface area contributed by atoms with Crippen molar-refractivity contribution in [3.05, 3.63) is 59.7 Å². The van der Waals surface area contributed by atoms with Crippen LogP contribution in [0.5, 0.6) is 5.75 Å². The van der Waals surface area contributed by atoms with Crippen LogP contribution in [0, 0.1) is 6.92 Å². The van der Waals surface area contributed by atoms with Crippen molar-refractivity contribution in [1.82, 2.24) is 0 Å². The summed E-state index contributed by atoms with van der Waals surface area (Å²) in [6.45, 7) is 5.86. The van der Waals surface area contributed by atoms with Crippen LogP contribution in [-0.2, 0) is 11.3 Å². The standard InChI is InChI=1S/C17H22BNO2/c1-14-3-5-15(6-4-14)13-20-17-9-7-16(8-10-17)18(2)21-12-11-19/h3-10H,11-13,19H2,1-2H3. The van der Waals surface area contributed by atoms with Crippen LogP contribution in [-0.4, -0.2) is 20.1 Å². The summed E-state index contributed by atoms with van der Waals surface area (Å²) in [5.74, 6) is 0.866. The van der Waals surface area contributed by atoms with E-state index in [-0.39, 0.29) is 6.92 Å². The molecule has 2 aromatic carbocycles. The second kappa shape index (κ2) is 7.86. The fraction of sp³-hybridized carbons (Fsp3) is 0.294. The van der Waals surface area contributed by atoms with Crippen molar-refractivity contribution in [3.8, 4) is 5.75 Å². The minimum Gasteiger partial charge on any atom is -0.489 e. The van der Waals surface area contributed by atoms with Crippen LogP contribution in [0.1, 0.15) is 11.1 Å². The summed E-state index contributed by atoms with van der Waals surface area (Å²) in [7, 11) is 0. The molecule has 110 valence electrons. The van der Waals surface area contributed by atoms with Gasteiger partial charge in [0.05, 0.1) is 0 Å². The van der Waals surface area contributed by atoms with Gasteiger partial charge in [0.25, 0.3) is 0 Å². The van der Waals surface area contributed by atoms with Crippen molar-refractivity contribution in [2.45, 2.75) is 20.4 Å². The van der Waals surface area contributed by atoms with E-state index in [0.29, 0.717) is 19.8 Å². The van der Waals surface area contributed by atoms with Crippen LogP contribution >= 0.6 is 0 Å². The molecule has 0 heterocycles. The summed E-state index contributed by atoms with van der Waals surface area (Å²) in [6.07, 6.45) is 0. The molecule has 0 fully saturated rings. The minimum atomic E-state index is 0.0553. The molecule has 0 saturated heterocycles. The molecule has 2 N–H and O–H groups in total. The first-order chi connectivity index (χ1) is 10.2. The van der Waals surface area contributed by atoms with E-state index in [2.05, 4.69) is 31.2 Å². The summed E-state index contributed by atoms with van der Waals surface area (Å²) in [5.41, 5.74) is 9.00. The van der Waals surface area contributed by atoms with E-state index in [1.165, 1.54) is 11.1 Å². The average Bonchev–Trinajstić information content (AvgIpc) is 2.52. The summed E-state index contributed by atoms with van der Waals surface area (Å²) in [4.78, 5) is 0. The predicted octanol–water partition coefficient (Wildman–Crippen LogP) is 2.38. The van der Waals surface area contributed by atoms with Crippen molar-refractivity contribution in [1.29, 1.82) is 0 Å². The minimum absolute atomic E-state index is 0.0553. The first-order valence-electron chi connectivity index (χ1n) is 7.29. The zero-order valence-corrected chi connectivity index (χ0v) is 12.7. The quantitative estimate of drug-likeness (QED) is 0.793. The third-order valence-electron chi connectivity index (χ3n) is 3.36. The lowest BCUT2D eigenvalue weighted by Gasteiger charge is -2.11. The molecule has 2 rings (SSSR count). The third kappa shape index (κ3) is 4.92. The van der Waals surface area contributed by atoms with Gasteiger partial charge in [-0.05, 0) is 30.1 Å². The number of aryl methyl sites for hydroxylation is 1. The molecular formula is C17H22BNO2. The maximum atomic E-state index is 5.79. The summed E-state index contributed by atoms with van der Waals surface area (Å²) >= 11 is 0. The number of hydrogen-bond acceptors (Lipinski definition) is 3. The molecule has 0 unspecified atom stereocenters. The Morgan fingerprint density at radius 2 is 1.67 bits per heavy atom. The van der Waals surface area contributed by atoms with Crippen LogP contribution in [0.3, 0.4) is 0 Å². The van der Waals surface area contributed by atoms with Crippen LogP contribution in [0.4, 0.5) is 0 Å². The molecule has 0 radical (unpaired) electrons. The highest BCUT2D eigenvalue weighted by Crippen LogP contribution is 2.12. The Morgan fingerprint density at radius 3 is 2.29 bits per heavy atom. The van der Waals surface area contributed by atoms with E-state index in [9.17, 15) is 0 Å². The Labute approximate surface area is 127 Å². The van der Waals surface area contributed by atoms with Gasteiger partial charge >= 0.3 is 6.92 Å². The first-order valence-corrected chi connectivity index (χ1v) is 7.29. The van der Waals surface area contributed by atoms with E-state index >= 15 is 0 Å². The normalized spacial score (nSPS) is 10.4. The molecule has 21 heavy (non-hydrogen) atoms. The molecule has 0 amide bonds. The highest BCUT2D eigenvalue weighted by Gasteiger charge is 2.11. The van der Waals surface area contributed by atoms with Crippen molar-refractivity contribution >= 4 is 12.4 Å². The van der Waals surface area contributed by atoms with Gasteiger partial charge in [-0.2, -0.15) is 0 Å². The van der Waals surface area contributed by atoms with Crippen LogP contribution < -0.4 is 15.9 Å². The van der Waals surface area contributed by atoms with Crippen molar-refractivity contribution in [2.75, 3.05) is 13.2 Å². The molecule has 0 aliphatic rings. The van der Waals surface area contributed by atoms with Gasteiger partial charge in [-0.15, -0.1) is 0 Å². The maximum Gasteiger partial charge on any atom is 0.323 e. The molecule has 4 heteroatoms. The Balaban J connectivity index is 1.88. The van der Waals surface area contributed by atoms with Crippen molar-refractivity contribution in [3.63, 3.8) is 0 Å².